The van der Waals surface area contributed by atoms with Crippen LogP contribution in [0.4, 0.5) is 0 Å². The zero-order valence-corrected chi connectivity index (χ0v) is 12.3. The topological polar surface area (TPSA) is 0 Å². The first-order chi connectivity index (χ1) is 3.65. The van der Waals surface area contributed by atoms with Crippen LogP contribution in [0.2, 0.25) is 0 Å². The summed E-state index contributed by atoms with van der Waals surface area (Å²) < 4.78 is 0. The first kappa shape index (κ1) is 14.9. The van der Waals surface area contributed by atoms with Gasteiger partial charge in [0.15, 0.2) is 0 Å². The summed E-state index contributed by atoms with van der Waals surface area (Å²) in [4.78, 5) is 0. The second-order valence-corrected chi connectivity index (χ2v) is 40.3. The second-order valence-electron chi connectivity index (χ2n) is 0.686. The number of hydrogen-bond acceptors (Lipinski definition) is 0. The molecule has 0 N–H and O–H groups in total. The molecule has 0 aromatic rings. The molecule has 0 rings (SSSR count). The van der Waals surface area contributed by atoms with E-state index in [1.807, 2.05) is 0 Å². The van der Waals surface area contributed by atoms with E-state index in [1.54, 1.807) is 0 Å². The van der Waals surface area contributed by atoms with Gasteiger partial charge in [0.25, 0.3) is 0 Å². The van der Waals surface area contributed by atoms with Gasteiger partial charge < -0.3 is 0 Å². The SMILES string of the molecule is [Cl][Co][Cl].[Cl][Sb]([Cl])([Cl])([Cl])[Cl]. The van der Waals surface area contributed by atoms with E-state index < -0.39 is 11.7 Å². The van der Waals surface area contributed by atoms with Crippen molar-refractivity contribution in [3.05, 3.63) is 0 Å². The van der Waals surface area contributed by atoms with Crippen LogP contribution in [0.15, 0.2) is 0 Å². The van der Waals surface area contributed by atoms with Gasteiger partial charge >= 0.3 is 89.0 Å². The Kier molecular flexibility index (Phi) is 9.75. The summed E-state index contributed by atoms with van der Waals surface area (Å²) in [6.45, 7) is 0. The molecular weight excluding hydrogens is 429 g/mol. The van der Waals surface area contributed by atoms with Gasteiger partial charge in [-0.3, -0.25) is 0 Å². The van der Waals surface area contributed by atoms with E-state index in [9.17, 15) is 0 Å². The van der Waals surface area contributed by atoms with Crippen LogP contribution in [0, 0.1) is 0 Å². The first-order valence-corrected chi connectivity index (χ1v) is 20.1. The molecule has 0 spiro atoms. The van der Waals surface area contributed by atoms with Gasteiger partial charge in [0.2, 0.25) is 0 Å². The summed E-state index contributed by atoms with van der Waals surface area (Å²) in [6.07, 6.45) is 0. The summed E-state index contributed by atoms with van der Waals surface area (Å²) in [6, 6.07) is 0. The number of rotatable bonds is 0. The maximum absolute atomic E-state index is 5.05. The molecule has 9 heavy (non-hydrogen) atoms. The molecule has 63 valence electrons. The van der Waals surface area contributed by atoms with Gasteiger partial charge in [0.05, 0.1) is 0 Å². The summed E-state index contributed by atoms with van der Waals surface area (Å²) in [5, 5.41) is 0. The van der Waals surface area contributed by atoms with Gasteiger partial charge in [0.1, 0.15) is 0 Å². The average molecular weight is 429 g/mol. The van der Waals surface area contributed by atoms with E-state index in [0.717, 1.165) is 0 Å². The van der Waals surface area contributed by atoms with Crippen LogP contribution in [-0.4, -0.2) is 11.7 Å². The Morgan fingerprint density at radius 2 is 0.778 bits per heavy atom. The minimum atomic E-state index is -4.33. The van der Waals surface area contributed by atoms with Gasteiger partial charge in [-0.25, -0.2) is 0 Å². The average Bonchev–Trinajstić information content (AvgIpc) is 1.23. The molecule has 0 radical (unpaired) electrons. The molecule has 0 aliphatic rings. The third-order valence-electron chi connectivity index (χ3n) is 0. The Bertz CT molecular complexity index is 51.8. The van der Waals surface area contributed by atoms with Gasteiger partial charge in [0, 0.05) is 0 Å². The van der Waals surface area contributed by atoms with Crippen molar-refractivity contribution in [1.29, 1.82) is 0 Å². The fourth-order valence-electron chi connectivity index (χ4n) is 0. The Balaban J connectivity index is 0. The van der Waals surface area contributed by atoms with Crippen molar-refractivity contribution < 1.29 is 12.9 Å². The first-order valence-electron chi connectivity index (χ1n) is 1.10. The standard InChI is InChI=1S/7ClH.Co.Sb/h7*1H;;/q;;;;;;;+2;+5/p-7. The van der Waals surface area contributed by atoms with Crippen LogP contribution >= 0.6 is 64.4 Å². The molecule has 0 heterocycles. The fraction of sp³-hybridized carbons (Fsp3) is 0. The number of halogens is 7. The van der Waals surface area contributed by atoms with Crippen LogP contribution in [0.5, 0.6) is 0 Å². The van der Waals surface area contributed by atoms with E-state index >= 15 is 0 Å². The molecule has 0 atom stereocenters. The van der Waals surface area contributed by atoms with Crippen LogP contribution in [0.3, 0.4) is 0 Å². The van der Waals surface area contributed by atoms with Crippen molar-refractivity contribution in [1.82, 2.24) is 0 Å². The Morgan fingerprint density at radius 1 is 0.778 bits per heavy atom. The Hall–Kier alpha value is 3.35. The van der Waals surface area contributed by atoms with Gasteiger partial charge in [-0.05, 0) is 0 Å². The monoisotopic (exact) mass is 425 g/mol. The van der Waals surface area contributed by atoms with Gasteiger partial charge in [-0.1, -0.05) is 0 Å². The second kappa shape index (κ2) is 5.91. The molecule has 0 bridgehead atoms. The number of hydrogen-bond donors (Lipinski definition) is 0. The molecule has 0 fully saturated rings. The Labute approximate surface area is 87.3 Å². The van der Waals surface area contributed by atoms with Crippen molar-refractivity contribution in [2.24, 2.45) is 0 Å². The van der Waals surface area contributed by atoms with E-state index in [0.29, 0.717) is 12.9 Å². The molecule has 0 aliphatic heterocycles. The van der Waals surface area contributed by atoms with Crippen molar-refractivity contribution in [3.63, 3.8) is 0 Å². The van der Waals surface area contributed by atoms with Crippen LogP contribution < -0.4 is 0 Å². The molecule has 0 aliphatic carbocycles. The molecule has 0 aromatic carbocycles. The molecule has 0 saturated heterocycles. The zero-order chi connectivity index (χ0) is 8.15. The van der Waals surface area contributed by atoms with Crippen molar-refractivity contribution >= 4 is 76.1 Å². The van der Waals surface area contributed by atoms with E-state index in [2.05, 4.69) is 0 Å². The summed E-state index contributed by atoms with van der Waals surface area (Å²) >= 11 is -3.95. The third kappa shape index (κ3) is 88.3. The van der Waals surface area contributed by atoms with E-state index in [1.165, 1.54) is 0 Å². The van der Waals surface area contributed by atoms with Crippen LogP contribution in [0.25, 0.3) is 0 Å². The molecule has 0 nitrogen and oxygen atoms in total. The van der Waals surface area contributed by atoms with Crippen molar-refractivity contribution in [2.45, 2.75) is 0 Å². The molecule has 0 amide bonds. The van der Waals surface area contributed by atoms with E-state index in [4.69, 9.17) is 64.4 Å². The van der Waals surface area contributed by atoms with Gasteiger partial charge in [-0.15, -0.1) is 0 Å². The summed E-state index contributed by atoms with van der Waals surface area (Å²) in [7, 11) is 34.7. The molecule has 0 aromatic heterocycles. The quantitative estimate of drug-likeness (QED) is 0.500. The zero-order valence-electron chi connectivity index (χ0n) is 3.43. The maximum atomic E-state index is 5.05. The van der Waals surface area contributed by atoms with Crippen LogP contribution in [-0.2, 0) is 12.9 Å². The fourth-order valence-corrected chi connectivity index (χ4v) is 0. The Morgan fingerprint density at radius 3 is 0.778 bits per heavy atom. The molecule has 9 heteroatoms. The van der Waals surface area contributed by atoms with Gasteiger partial charge in [-0.2, -0.15) is 0 Å². The third-order valence-corrected chi connectivity index (χ3v) is 0. The molecule has 0 saturated carbocycles. The summed E-state index contributed by atoms with van der Waals surface area (Å²) in [5.41, 5.74) is 0. The van der Waals surface area contributed by atoms with Crippen molar-refractivity contribution in [2.75, 3.05) is 0 Å². The van der Waals surface area contributed by atoms with Crippen molar-refractivity contribution in [3.8, 4) is 0 Å². The minimum absolute atomic E-state index is 0.382. The summed E-state index contributed by atoms with van der Waals surface area (Å²) in [5.74, 6) is 0. The van der Waals surface area contributed by atoms with Crippen LogP contribution in [0.1, 0.15) is 0 Å². The normalized spacial score (nSPS) is 15.2. The van der Waals surface area contributed by atoms with E-state index in [-0.39, 0.29) is 0 Å². The molecular formula is Cl7CoSb. The predicted molar refractivity (Wildman–Crippen MR) is 46.7 cm³/mol. The predicted octanol–water partition coefficient (Wildman–Crippen LogP) is 4.44. The molecule has 0 unspecified atom stereocenters.